The number of sulfonamides is 1. The zero-order chi connectivity index (χ0) is 18.4. The number of pyridine rings is 1. The molecule has 1 heterocycles. The summed E-state index contributed by atoms with van der Waals surface area (Å²) in [5.41, 5.74) is 0.759. The molecular weight excluding hydrogens is 342 g/mol. The van der Waals surface area contributed by atoms with Gasteiger partial charge in [-0.3, -0.25) is 9.78 Å². The predicted octanol–water partition coefficient (Wildman–Crippen LogP) is 1.71. The van der Waals surface area contributed by atoms with Crippen LogP contribution < -0.4 is 14.8 Å². The van der Waals surface area contributed by atoms with Crippen LogP contribution in [0.3, 0.4) is 0 Å². The van der Waals surface area contributed by atoms with Crippen molar-refractivity contribution in [3.63, 3.8) is 0 Å². The summed E-state index contributed by atoms with van der Waals surface area (Å²) in [6.07, 6.45) is 1.59. The Bertz CT molecular complexity index is 836. The first-order valence-corrected chi connectivity index (χ1v) is 9.20. The van der Waals surface area contributed by atoms with Crippen LogP contribution in [0, 0.1) is 0 Å². The molecule has 2 aromatic rings. The summed E-state index contributed by atoms with van der Waals surface area (Å²) in [5.74, 6) is -0.0875. The Morgan fingerprint density at radius 2 is 2.00 bits per heavy atom. The molecule has 25 heavy (non-hydrogen) atoms. The number of benzene rings is 1. The van der Waals surface area contributed by atoms with E-state index >= 15 is 0 Å². The highest BCUT2D eigenvalue weighted by molar-refractivity contribution is 7.89. The Morgan fingerprint density at radius 1 is 1.24 bits per heavy atom. The summed E-state index contributed by atoms with van der Waals surface area (Å²) >= 11 is 0. The third kappa shape index (κ3) is 5.01. The van der Waals surface area contributed by atoms with Crippen molar-refractivity contribution in [1.82, 2.24) is 15.0 Å². The summed E-state index contributed by atoms with van der Waals surface area (Å²) in [4.78, 5) is 16.3. The molecule has 0 unspecified atom stereocenters. The minimum absolute atomic E-state index is 0.0156. The van der Waals surface area contributed by atoms with Crippen LogP contribution >= 0.6 is 0 Å². The van der Waals surface area contributed by atoms with Gasteiger partial charge in [-0.05, 0) is 44.2 Å². The molecule has 1 amide bonds. The van der Waals surface area contributed by atoms with Gasteiger partial charge in [0, 0.05) is 12.2 Å². The molecule has 7 nitrogen and oxygen atoms in total. The maximum absolute atomic E-state index is 12.5. The van der Waals surface area contributed by atoms with Crippen LogP contribution in [0.15, 0.2) is 47.5 Å². The molecule has 0 saturated carbocycles. The fourth-order valence-electron chi connectivity index (χ4n) is 2.13. The third-order valence-electron chi connectivity index (χ3n) is 3.32. The van der Waals surface area contributed by atoms with Crippen molar-refractivity contribution in [3.05, 3.63) is 53.9 Å². The van der Waals surface area contributed by atoms with Gasteiger partial charge in [0.25, 0.3) is 5.91 Å². The summed E-state index contributed by atoms with van der Waals surface area (Å²) in [5, 5.41) is 2.73. The molecule has 0 aliphatic carbocycles. The van der Waals surface area contributed by atoms with E-state index in [1.807, 2.05) is 13.8 Å². The number of rotatable bonds is 7. The van der Waals surface area contributed by atoms with Crippen LogP contribution in [-0.2, 0) is 16.6 Å². The maximum Gasteiger partial charge on any atom is 0.255 e. The molecule has 1 aromatic carbocycles. The number of hydrogen-bond donors (Lipinski definition) is 2. The lowest BCUT2D eigenvalue weighted by molar-refractivity contribution is 0.0940. The van der Waals surface area contributed by atoms with Gasteiger partial charge in [0.1, 0.15) is 5.75 Å². The van der Waals surface area contributed by atoms with E-state index in [9.17, 15) is 13.2 Å². The average molecular weight is 363 g/mol. The van der Waals surface area contributed by atoms with Crippen LogP contribution in [0.4, 0.5) is 0 Å². The fourth-order valence-corrected chi connectivity index (χ4v) is 3.15. The Balaban J connectivity index is 2.26. The molecular formula is C17H21N3O4S. The monoisotopic (exact) mass is 363 g/mol. The number of nitrogens with one attached hydrogen (secondary N) is 2. The SMILES string of the molecule is COc1ccc(S(=O)(=O)NCc2ccccn2)cc1C(=O)NC(C)C. The van der Waals surface area contributed by atoms with Gasteiger partial charge in [-0.25, -0.2) is 13.1 Å². The highest BCUT2D eigenvalue weighted by atomic mass is 32.2. The van der Waals surface area contributed by atoms with Crippen molar-refractivity contribution in [2.24, 2.45) is 0 Å². The van der Waals surface area contributed by atoms with Gasteiger partial charge >= 0.3 is 0 Å². The number of carbonyl (C=O) groups excluding carboxylic acids is 1. The highest BCUT2D eigenvalue weighted by Crippen LogP contribution is 2.22. The van der Waals surface area contributed by atoms with E-state index in [1.165, 1.54) is 25.3 Å². The number of methoxy groups -OCH3 is 1. The molecule has 0 bridgehead atoms. The van der Waals surface area contributed by atoms with E-state index in [-0.39, 0.29) is 23.0 Å². The normalized spacial score (nSPS) is 11.4. The molecule has 0 aliphatic heterocycles. The number of nitrogens with zero attached hydrogens (tertiary/aromatic N) is 1. The molecule has 0 spiro atoms. The van der Waals surface area contributed by atoms with Gasteiger partial charge < -0.3 is 10.1 Å². The van der Waals surface area contributed by atoms with Crippen LogP contribution in [-0.4, -0.2) is 32.5 Å². The maximum atomic E-state index is 12.5. The van der Waals surface area contributed by atoms with E-state index in [0.29, 0.717) is 11.4 Å². The third-order valence-corrected chi connectivity index (χ3v) is 4.71. The van der Waals surface area contributed by atoms with Gasteiger partial charge in [0.05, 0.1) is 29.8 Å². The zero-order valence-corrected chi connectivity index (χ0v) is 15.1. The lowest BCUT2D eigenvalue weighted by Gasteiger charge is -2.13. The summed E-state index contributed by atoms with van der Waals surface area (Å²) in [6, 6.07) is 9.32. The Kier molecular flexibility index (Phi) is 6.11. The predicted molar refractivity (Wildman–Crippen MR) is 93.9 cm³/mol. The molecule has 0 aliphatic rings. The van der Waals surface area contributed by atoms with Gasteiger partial charge in [-0.1, -0.05) is 6.07 Å². The largest absolute Gasteiger partial charge is 0.496 e. The first-order valence-electron chi connectivity index (χ1n) is 7.72. The Labute approximate surface area is 147 Å². The molecule has 8 heteroatoms. The number of carbonyl (C=O) groups is 1. The minimum atomic E-state index is -3.79. The van der Waals surface area contributed by atoms with E-state index in [2.05, 4.69) is 15.0 Å². The number of aromatic nitrogens is 1. The van der Waals surface area contributed by atoms with Crippen molar-refractivity contribution in [2.45, 2.75) is 31.3 Å². The van der Waals surface area contributed by atoms with Crippen LogP contribution in [0.2, 0.25) is 0 Å². The summed E-state index contributed by atoms with van der Waals surface area (Å²) in [6.45, 7) is 3.70. The molecule has 1 aromatic heterocycles. The zero-order valence-electron chi connectivity index (χ0n) is 14.3. The smallest absolute Gasteiger partial charge is 0.255 e. The standard InChI is InChI=1S/C17H21N3O4S/c1-12(2)20-17(21)15-10-14(7-8-16(15)24-3)25(22,23)19-11-13-6-4-5-9-18-13/h4-10,12,19H,11H2,1-3H3,(H,20,21). The summed E-state index contributed by atoms with van der Waals surface area (Å²) in [7, 11) is -2.37. The topological polar surface area (TPSA) is 97.4 Å². The molecule has 2 rings (SSSR count). The van der Waals surface area contributed by atoms with Gasteiger partial charge in [-0.15, -0.1) is 0 Å². The molecule has 0 radical (unpaired) electrons. The summed E-state index contributed by atoms with van der Waals surface area (Å²) < 4.78 is 32.6. The Morgan fingerprint density at radius 3 is 2.60 bits per heavy atom. The first kappa shape index (κ1) is 18.9. The van der Waals surface area contributed by atoms with Crippen molar-refractivity contribution < 1.29 is 17.9 Å². The molecule has 2 N–H and O–H groups in total. The lowest BCUT2D eigenvalue weighted by Crippen LogP contribution is -2.31. The number of amides is 1. The van der Waals surface area contributed by atoms with E-state index in [4.69, 9.17) is 4.74 Å². The molecule has 0 fully saturated rings. The molecule has 134 valence electrons. The van der Waals surface area contributed by atoms with Gasteiger partial charge in [-0.2, -0.15) is 0 Å². The number of ether oxygens (including phenoxy) is 1. The quantitative estimate of drug-likeness (QED) is 0.780. The van der Waals surface area contributed by atoms with Crippen molar-refractivity contribution in [2.75, 3.05) is 7.11 Å². The van der Waals surface area contributed by atoms with Crippen molar-refractivity contribution >= 4 is 15.9 Å². The fraction of sp³-hybridized carbons (Fsp3) is 0.294. The highest BCUT2D eigenvalue weighted by Gasteiger charge is 2.20. The van der Waals surface area contributed by atoms with Crippen molar-refractivity contribution in [1.29, 1.82) is 0 Å². The molecule has 0 atom stereocenters. The second kappa shape index (κ2) is 8.09. The lowest BCUT2D eigenvalue weighted by atomic mass is 10.2. The van der Waals surface area contributed by atoms with Crippen LogP contribution in [0.1, 0.15) is 29.9 Å². The second-order valence-corrected chi connectivity index (χ2v) is 7.40. The number of hydrogen-bond acceptors (Lipinski definition) is 5. The van der Waals surface area contributed by atoms with E-state index < -0.39 is 15.9 Å². The van der Waals surface area contributed by atoms with Crippen LogP contribution in [0.25, 0.3) is 0 Å². The molecule has 0 saturated heterocycles. The first-order chi connectivity index (χ1) is 11.8. The Hall–Kier alpha value is -2.45. The van der Waals surface area contributed by atoms with E-state index in [1.54, 1.807) is 24.4 Å². The second-order valence-electron chi connectivity index (χ2n) is 5.64. The van der Waals surface area contributed by atoms with Crippen molar-refractivity contribution in [3.8, 4) is 5.75 Å². The van der Waals surface area contributed by atoms with Gasteiger partial charge in [0.15, 0.2) is 0 Å². The van der Waals surface area contributed by atoms with E-state index in [0.717, 1.165) is 0 Å². The minimum Gasteiger partial charge on any atom is -0.496 e. The average Bonchev–Trinajstić information content (AvgIpc) is 2.59. The van der Waals surface area contributed by atoms with Crippen LogP contribution in [0.5, 0.6) is 5.75 Å². The van der Waals surface area contributed by atoms with Gasteiger partial charge in [0.2, 0.25) is 10.0 Å².